The molecule has 0 bridgehead atoms. The Kier molecular flexibility index (Phi) is 5.56. The molecule has 0 fully saturated rings. The van der Waals surface area contributed by atoms with Crippen LogP contribution in [0.3, 0.4) is 0 Å². The smallest absolute Gasteiger partial charge is 0.277 e. The Morgan fingerprint density at radius 3 is 2.36 bits per heavy atom. The summed E-state index contributed by atoms with van der Waals surface area (Å²) in [5.74, 6) is 1.22. The molecule has 136 valence electrons. The highest BCUT2D eigenvalue weighted by Crippen LogP contribution is 2.30. The second-order valence-electron chi connectivity index (χ2n) is 6.00. The van der Waals surface area contributed by atoms with Gasteiger partial charge in [0, 0.05) is 10.2 Å². The molecule has 0 saturated heterocycles. The van der Waals surface area contributed by atoms with Crippen molar-refractivity contribution < 1.29 is 4.42 Å². The number of rotatable bonds is 5. The molecule has 0 amide bonds. The monoisotopic (exact) mass is 447 g/mol. The van der Waals surface area contributed by atoms with Gasteiger partial charge in [-0.3, -0.25) is 0 Å². The normalized spacial score (nSPS) is 10.6. The van der Waals surface area contributed by atoms with E-state index in [0.29, 0.717) is 16.7 Å². The van der Waals surface area contributed by atoms with Gasteiger partial charge < -0.3 is 4.42 Å². The van der Waals surface area contributed by atoms with Crippen LogP contribution in [0.1, 0.15) is 11.1 Å². The molecular weight excluding hydrogens is 434 g/mol. The third-order valence-electron chi connectivity index (χ3n) is 4.19. The van der Waals surface area contributed by atoms with Gasteiger partial charge in [0.05, 0.1) is 17.2 Å². The first-order valence-corrected chi connectivity index (χ1v) is 10.3. The van der Waals surface area contributed by atoms with Crippen molar-refractivity contribution in [3.63, 3.8) is 0 Å². The van der Waals surface area contributed by atoms with Crippen LogP contribution in [0.4, 0.5) is 0 Å². The highest BCUT2D eigenvalue weighted by Gasteiger charge is 2.12. The van der Waals surface area contributed by atoms with Gasteiger partial charge >= 0.3 is 0 Å². The largest absolute Gasteiger partial charge is 0.411 e. The van der Waals surface area contributed by atoms with Crippen LogP contribution in [-0.2, 0) is 5.75 Å². The van der Waals surface area contributed by atoms with E-state index in [1.165, 1.54) is 11.8 Å². The summed E-state index contributed by atoms with van der Waals surface area (Å²) in [7, 11) is 0. The van der Waals surface area contributed by atoms with Gasteiger partial charge in [0.2, 0.25) is 5.89 Å². The van der Waals surface area contributed by atoms with E-state index in [-0.39, 0.29) is 0 Å². The van der Waals surface area contributed by atoms with Gasteiger partial charge in [0.15, 0.2) is 0 Å². The fraction of sp³-hybridized carbons (Fsp3) is 0.0455. The van der Waals surface area contributed by atoms with E-state index in [0.717, 1.165) is 32.5 Å². The Morgan fingerprint density at radius 2 is 1.61 bits per heavy atom. The van der Waals surface area contributed by atoms with Crippen LogP contribution in [0, 0.1) is 11.3 Å². The second kappa shape index (κ2) is 8.42. The number of aromatic nitrogens is 2. The number of hydrogen-bond acceptors (Lipinski definition) is 5. The summed E-state index contributed by atoms with van der Waals surface area (Å²) in [6.07, 6.45) is 0. The SMILES string of the molecule is N#Cc1ccccc1-c1ccc(CSc2nnc(-c3ccccc3Br)o2)cc1. The quantitative estimate of drug-likeness (QED) is 0.334. The van der Waals surface area contributed by atoms with Crippen molar-refractivity contribution in [2.45, 2.75) is 11.0 Å². The zero-order valence-corrected chi connectivity index (χ0v) is 17.1. The molecule has 1 heterocycles. The summed E-state index contributed by atoms with van der Waals surface area (Å²) < 4.78 is 6.69. The topological polar surface area (TPSA) is 62.7 Å². The van der Waals surface area contributed by atoms with E-state index >= 15 is 0 Å². The van der Waals surface area contributed by atoms with Crippen LogP contribution in [0.15, 0.2) is 86.9 Å². The third-order valence-corrected chi connectivity index (χ3v) is 5.77. The fourth-order valence-corrected chi connectivity index (χ4v) is 3.94. The van der Waals surface area contributed by atoms with E-state index in [4.69, 9.17) is 4.42 Å². The predicted octanol–water partition coefficient (Wildman–Crippen LogP) is 6.33. The minimum absolute atomic E-state index is 0.499. The molecule has 0 spiro atoms. The number of halogens is 1. The van der Waals surface area contributed by atoms with Crippen molar-refractivity contribution in [3.8, 4) is 28.7 Å². The van der Waals surface area contributed by atoms with E-state index in [2.05, 4.69) is 44.3 Å². The van der Waals surface area contributed by atoms with Crippen LogP contribution in [0.2, 0.25) is 0 Å². The highest BCUT2D eigenvalue weighted by atomic mass is 79.9. The number of nitrogens with zero attached hydrogens (tertiary/aromatic N) is 3. The molecule has 0 N–H and O–H groups in total. The summed E-state index contributed by atoms with van der Waals surface area (Å²) in [6.45, 7) is 0. The Labute approximate surface area is 175 Å². The Morgan fingerprint density at radius 1 is 0.893 bits per heavy atom. The summed E-state index contributed by atoms with van der Waals surface area (Å²) in [5, 5.41) is 18.1. The van der Waals surface area contributed by atoms with Gasteiger partial charge in [-0.15, -0.1) is 10.2 Å². The summed E-state index contributed by atoms with van der Waals surface area (Å²) in [4.78, 5) is 0. The van der Waals surface area contributed by atoms with Crippen molar-refractivity contribution in [2.24, 2.45) is 0 Å². The molecule has 0 aliphatic rings. The Bertz CT molecular complexity index is 1150. The Hall–Kier alpha value is -2.88. The van der Waals surface area contributed by atoms with Crippen LogP contribution in [-0.4, -0.2) is 10.2 Å². The molecule has 0 radical (unpaired) electrons. The zero-order chi connectivity index (χ0) is 19.3. The molecule has 0 atom stereocenters. The molecule has 1 aromatic heterocycles. The van der Waals surface area contributed by atoms with Gasteiger partial charge in [-0.1, -0.05) is 66.4 Å². The molecule has 0 unspecified atom stereocenters. The first-order chi connectivity index (χ1) is 13.7. The van der Waals surface area contributed by atoms with Gasteiger partial charge in [-0.05, 0) is 50.8 Å². The predicted molar refractivity (Wildman–Crippen MR) is 114 cm³/mol. The lowest BCUT2D eigenvalue weighted by Gasteiger charge is -2.05. The maximum atomic E-state index is 9.27. The summed E-state index contributed by atoms with van der Waals surface area (Å²) >= 11 is 5.00. The minimum atomic E-state index is 0.499. The molecule has 4 aromatic rings. The molecule has 4 nitrogen and oxygen atoms in total. The van der Waals surface area contributed by atoms with Crippen molar-refractivity contribution >= 4 is 27.7 Å². The van der Waals surface area contributed by atoms with E-state index in [1.54, 1.807) is 0 Å². The van der Waals surface area contributed by atoms with Crippen molar-refractivity contribution in [3.05, 3.63) is 88.4 Å². The molecule has 6 heteroatoms. The van der Waals surface area contributed by atoms with Crippen molar-refractivity contribution in [1.82, 2.24) is 10.2 Å². The lowest BCUT2D eigenvalue weighted by molar-refractivity contribution is 0.465. The van der Waals surface area contributed by atoms with Crippen LogP contribution < -0.4 is 0 Å². The summed E-state index contributed by atoms with van der Waals surface area (Å²) in [6, 6.07) is 25.8. The maximum Gasteiger partial charge on any atom is 0.277 e. The van der Waals surface area contributed by atoms with Crippen LogP contribution in [0.25, 0.3) is 22.6 Å². The second-order valence-corrected chi connectivity index (χ2v) is 7.78. The van der Waals surface area contributed by atoms with Crippen molar-refractivity contribution in [2.75, 3.05) is 0 Å². The van der Waals surface area contributed by atoms with Gasteiger partial charge in [-0.2, -0.15) is 5.26 Å². The average molecular weight is 448 g/mol. The number of benzene rings is 3. The van der Waals surface area contributed by atoms with Gasteiger partial charge in [0.25, 0.3) is 5.22 Å². The molecule has 4 rings (SSSR count). The minimum Gasteiger partial charge on any atom is -0.411 e. The van der Waals surface area contributed by atoms with E-state index in [1.807, 2.05) is 60.7 Å². The summed E-state index contributed by atoms with van der Waals surface area (Å²) in [5.41, 5.74) is 4.67. The first kappa shape index (κ1) is 18.5. The molecular formula is C22H14BrN3OS. The lowest BCUT2D eigenvalue weighted by Crippen LogP contribution is -1.85. The Balaban J connectivity index is 1.45. The molecule has 3 aromatic carbocycles. The van der Waals surface area contributed by atoms with Gasteiger partial charge in [-0.25, -0.2) is 0 Å². The van der Waals surface area contributed by atoms with E-state index in [9.17, 15) is 5.26 Å². The molecule has 28 heavy (non-hydrogen) atoms. The number of thioether (sulfide) groups is 1. The van der Waals surface area contributed by atoms with Crippen molar-refractivity contribution in [1.29, 1.82) is 5.26 Å². The standard InChI is InChI=1S/C22H14BrN3OS/c23-20-8-4-3-7-19(20)21-25-26-22(27-21)28-14-15-9-11-16(12-10-15)18-6-2-1-5-17(18)13-24/h1-12H,14H2. The average Bonchev–Trinajstić information content (AvgIpc) is 3.22. The zero-order valence-electron chi connectivity index (χ0n) is 14.7. The number of nitriles is 1. The molecule has 0 aliphatic carbocycles. The van der Waals surface area contributed by atoms with Crippen LogP contribution >= 0.6 is 27.7 Å². The lowest BCUT2D eigenvalue weighted by atomic mass is 10.00. The van der Waals surface area contributed by atoms with E-state index < -0.39 is 0 Å². The first-order valence-electron chi connectivity index (χ1n) is 8.54. The highest BCUT2D eigenvalue weighted by molar-refractivity contribution is 9.10. The fourth-order valence-electron chi connectivity index (χ4n) is 2.77. The maximum absolute atomic E-state index is 9.27. The number of hydrogen-bond donors (Lipinski definition) is 0. The third kappa shape index (κ3) is 4.01. The van der Waals surface area contributed by atoms with Gasteiger partial charge in [0.1, 0.15) is 0 Å². The molecule has 0 aliphatic heterocycles. The molecule has 0 saturated carbocycles. The van der Waals surface area contributed by atoms with Crippen LogP contribution in [0.5, 0.6) is 0 Å².